The van der Waals surface area contributed by atoms with Crippen LogP contribution in [0.1, 0.15) is 23.6 Å². The first-order valence-electron chi connectivity index (χ1n) is 5.82. The summed E-state index contributed by atoms with van der Waals surface area (Å²) in [6.45, 7) is 4.00. The van der Waals surface area contributed by atoms with Crippen LogP contribution < -0.4 is 0 Å². The van der Waals surface area contributed by atoms with Gasteiger partial charge in [0.05, 0.1) is 17.3 Å². The number of benzene rings is 2. The molecule has 0 aliphatic carbocycles. The highest BCUT2D eigenvalue weighted by Gasteiger charge is 2.00. The van der Waals surface area contributed by atoms with Crippen LogP contribution in [0.2, 0.25) is 0 Å². The van der Waals surface area contributed by atoms with Gasteiger partial charge in [-0.15, -0.1) is 0 Å². The van der Waals surface area contributed by atoms with Crippen molar-refractivity contribution in [1.82, 2.24) is 0 Å². The van der Waals surface area contributed by atoms with Gasteiger partial charge in [-0.2, -0.15) is 5.26 Å². The highest BCUT2D eigenvalue weighted by Crippen LogP contribution is 2.19. The van der Waals surface area contributed by atoms with Gasteiger partial charge in [0.15, 0.2) is 0 Å². The molecule has 0 aromatic heterocycles. The van der Waals surface area contributed by atoms with Gasteiger partial charge >= 0.3 is 0 Å². The third kappa shape index (κ3) is 2.64. The summed E-state index contributed by atoms with van der Waals surface area (Å²) in [5.41, 5.74) is 4.68. The Kier molecular flexibility index (Phi) is 3.54. The third-order valence-corrected chi connectivity index (χ3v) is 2.81. The summed E-state index contributed by atoms with van der Waals surface area (Å²) in [4.78, 5) is 4.61. The first-order chi connectivity index (χ1) is 8.70. The van der Waals surface area contributed by atoms with Crippen LogP contribution in [-0.2, 0) is 0 Å². The Hall–Kier alpha value is -2.40. The van der Waals surface area contributed by atoms with Crippen LogP contribution in [0.3, 0.4) is 0 Å². The predicted molar refractivity (Wildman–Crippen MR) is 74.2 cm³/mol. The highest BCUT2D eigenvalue weighted by molar-refractivity contribution is 6.00. The van der Waals surface area contributed by atoms with Crippen molar-refractivity contribution in [3.63, 3.8) is 0 Å². The van der Waals surface area contributed by atoms with Gasteiger partial charge in [-0.25, -0.2) is 0 Å². The molecule has 0 spiro atoms. The lowest BCUT2D eigenvalue weighted by Crippen LogP contribution is -1.94. The number of nitrogens with zero attached hydrogens (tertiary/aromatic N) is 2. The van der Waals surface area contributed by atoms with Crippen LogP contribution >= 0.6 is 0 Å². The van der Waals surface area contributed by atoms with Crippen LogP contribution in [0.15, 0.2) is 53.5 Å². The summed E-state index contributed by atoms with van der Waals surface area (Å²) < 4.78 is 0. The van der Waals surface area contributed by atoms with Crippen molar-refractivity contribution >= 4 is 11.4 Å². The zero-order valence-corrected chi connectivity index (χ0v) is 10.5. The summed E-state index contributed by atoms with van der Waals surface area (Å²) >= 11 is 0. The minimum absolute atomic E-state index is 0.659. The molecule has 2 aromatic carbocycles. The molecule has 0 aliphatic rings. The number of hydrogen-bond acceptors (Lipinski definition) is 2. The van der Waals surface area contributed by atoms with Gasteiger partial charge in [0, 0.05) is 5.71 Å². The highest BCUT2D eigenvalue weighted by atomic mass is 14.7. The summed E-state index contributed by atoms with van der Waals surface area (Å²) in [7, 11) is 0. The maximum Gasteiger partial charge on any atom is 0.0991 e. The van der Waals surface area contributed by atoms with Gasteiger partial charge in [0.2, 0.25) is 0 Å². The molecule has 88 valence electrons. The molecule has 0 heterocycles. The van der Waals surface area contributed by atoms with Crippen LogP contribution in [0, 0.1) is 18.3 Å². The fourth-order valence-electron chi connectivity index (χ4n) is 1.75. The Bertz CT molecular complexity index is 634. The van der Waals surface area contributed by atoms with E-state index in [0.29, 0.717) is 5.56 Å². The van der Waals surface area contributed by atoms with Crippen molar-refractivity contribution in [2.24, 2.45) is 4.99 Å². The molecule has 2 rings (SSSR count). The molecule has 2 aromatic rings. The lowest BCUT2D eigenvalue weighted by atomic mass is 10.1. The van der Waals surface area contributed by atoms with E-state index in [1.54, 1.807) is 6.07 Å². The van der Waals surface area contributed by atoms with E-state index in [0.717, 1.165) is 22.5 Å². The Balaban J connectivity index is 2.39. The topological polar surface area (TPSA) is 36.1 Å². The smallest absolute Gasteiger partial charge is 0.0991 e. The van der Waals surface area contributed by atoms with Gasteiger partial charge < -0.3 is 0 Å². The zero-order valence-electron chi connectivity index (χ0n) is 10.5. The summed E-state index contributed by atoms with van der Waals surface area (Å²) in [5, 5.41) is 8.89. The first kappa shape index (κ1) is 12.1. The van der Waals surface area contributed by atoms with E-state index in [1.165, 1.54) is 0 Å². The van der Waals surface area contributed by atoms with Crippen LogP contribution in [0.4, 0.5) is 5.69 Å². The van der Waals surface area contributed by atoms with Crippen molar-refractivity contribution in [2.45, 2.75) is 13.8 Å². The maximum absolute atomic E-state index is 8.89. The molecule has 0 bridgehead atoms. The minimum Gasteiger partial charge on any atom is -0.253 e. The van der Waals surface area contributed by atoms with Gasteiger partial charge in [-0.1, -0.05) is 30.3 Å². The summed E-state index contributed by atoms with van der Waals surface area (Å²) in [6.07, 6.45) is 0. The molecular formula is C16H14N2. The molecule has 0 fully saturated rings. The molecule has 18 heavy (non-hydrogen) atoms. The zero-order chi connectivity index (χ0) is 13.0. The molecule has 0 saturated carbocycles. The van der Waals surface area contributed by atoms with E-state index in [2.05, 4.69) is 11.1 Å². The van der Waals surface area contributed by atoms with Crippen molar-refractivity contribution in [3.8, 4) is 6.07 Å². The number of para-hydroxylation sites is 1. The molecule has 2 nitrogen and oxygen atoms in total. The van der Waals surface area contributed by atoms with Crippen LogP contribution in [0.25, 0.3) is 0 Å². The molecule has 0 N–H and O–H groups in total. The average molecular weight is 234 g/mol. The van der Waals surface area contributed by atoms with Crippen molar-refractivity contribution in [3.05, 3.63) is 65.2 Å². The van der Waals surface area contributed by atoms with Crippen LogP contribution in [0.5, 0.6) is 0 Å². The Morgan fingerprint density at radius 1 is 1.11 bits per heavy atom. The average Bonchev–Trinajstić information content (AvgIpc) is 2.41. The lowest BCUT2D eigenvalue weighted by Gasteiger charge is -2.03. The Labute approximate surface area is 107 Å². The van der Waals surface area contributed by atoms with E-state index in [9.17, 15) is 0 Å². The Morgan fingerprint density at radius 2 is 1.89 bits per heavy atom. The number of nitriles is 1. The fourth-order valence-corrected chi connectivity index (χ4v) is 1.75. The second-order valence-corrected chi connectivity index (χ2v) is 4.18. The quantitative estimate of drug-likeness (QED) is 0.723. The molecule has 0 saturated heterocycles. The van der Waals surface area contributed by atoms with E-state index < -0.39 is 0 Å². The normalized spacial score (nSPS) is 11.1. The first-order valence-corrected chi connectivity index (χ1v) is 5.82. The van der Waals surface area contributed by atoms with E-state index >= 15 is 0 Å². The molecule has 0 radical (unpaired) electrons. The van der Waals surface area contributed by atoms with Gasteiger partial charge in [-0.05, 0) is 43.2 Å². The minimum atomic E-state index is 0.659. The van der Waals surface area contributed by atoms with Crippen LogP contribution in [-0.4, -0.2) is 5.71 Å². The molecule has 0 atom stereocenters. The third-order valence-electron chi connectivity index (χ3n) is 2.81. The second-order valence-electron chi connectivity index (χ2n) is 4.18. The van der Waals surface area contributed by atoms with Crippen molar-refractivity contribution in [2.75, 3.05) is 0 Å². The van der Waals surface area contributed by atoms with Gasteiger partial charge in [-0.3, -0.25) is 4.99 Å². The Morgan fingerprint density at radius 3 is 2.61 bits per heavy atom. The summed E-state index contributed by atoms with van der Waals surface area (Å²) in [5.74, 6) is 0. The number of aliphatic imine (C=N–C) groups is 1. The second kappa shape index (κ2) is 5.29. The van der Waals surface area contributed by atoms with Crippen molar-refractivity contribution < 1.29 is 0 Å². The molecule has 2 heteroatoms. The number of rotatable bonds is 2. The van der Waals surface area contributed by atoms with E-state index in [-0.39, 0.29) is 0 Å². The number of aryl methyl sites for hydroxylation is 1. The molecule has 0 amide bonds. The lowest BCUT2D eigenvalue weighted by molar-refractivity contribution is 1.38. The number of hydrogen-bond donors (Lipinski definition) is 0. The predicted octanol–water partition coefficient (Wildman–Crippen LogP) is 4.01. The van der Waals surface area contributed by atoms with Gasteiger partial charge in [0.25, 0.3) is 0 Å². The largest absolute Gasteiger partial charge is 0.253 e. The van der Waals surface area contributed by atoms with E-state index in [1.807, 2.05) is 56.3 Å². The maximum atomic E-state index is 8.89. The van der Waals surface area contributed by atoms with Gasteiger partial charge in [0.1, 0.15) is 0 Å². The monoisotopic (exact) mass is 234 g/mol. The molecule has 0 aliphatic heterocycles. The molecular weight excluding hydrogens is 220 g/mol. The van der Waals surface area contributed by atoms with Crippen molar-refractivity contribution in [1.29, 1.82) is 5.26 Å². The summed E-state index contributed by atoms with van der Waals surface area (Å²) in [6, 6.07) is 17.7. The molecule has 0 unspecified atom stereocenters. The standard InChI is InChI=1S/C16H14N2/c1-12-6-3-4-9-16(12)18-13(2)15-8-5-7-14(10-15)11-17/h3-10H,1-2H3. The fraction of sp³-hybridized carbons (Fsp3) is 0.125. The SMILES string of the molecule is CC(=Nc1ccccc1C)c1cccc(C#N)c1. The van der Waals surface area contributed by atoms with E-state index in [4.69, 9.17) is 5.26 Å².